The summed E-state index contributed by atoms with van der Waals surface area (Å²) in [6, 6.07) is 8.11. The van der Waals surface area contributed by atoms with Crippen LogP contribution in [-0.2, 0) is 21.1 Å². The number of methoxy groups -OCH3 is 1. The summed E-state index contributed by atoms with van der Waals surface area (Å²) in [5.41, 5.74) is 2.12. The Kier molecular flexibility index (Phi) is 7.09. The third-order valence-electron chi connectivity index (χ3n) is 6.75. The molecule has 1 aromatic heterocycles. The average Bonchev–Trinajstić information content (AvgIpc) is 3.43. The van der Waals surface area contributed by atoms with Gasteiger partial charge in [-0.1, -0.05) is 0 Å². The van der Waals surface area contributed by atoms with E-state index in [2.05, 4.69) is 15.1 Å². The van der Waals surface area contributed by atoms with E-state index in [1.165, 1.54) is 12.1 Å². The molecule has 0 spiro atoms. The number of furan rings is 1. The summed E-state index contributed by atoms with van der Waals surface area (Å²) >= 11 is 0. The van der Waals surface area contributed by atoms with Gasteiger partial charge in [0.25, 0.3) is 0 Å². The van der Waals surface area contributed by atoms with E-state index in [0.29, 0.717) is 66.4 Å². The van der Waals surface area contributed by atoms with Crippen LogP contribution in [0.3, 0.4) is 0 Å². The number of hydrogen-bond donors (Lipinski definition) is 1. The number of hydrogen-bond acceptors (Lipinski definition) is 10. The standard InChI is InChI=1S/C28H32N4O7S/c1-28(2,3)39-27(34)32-12-10-31(11-13-32)16-20-23(37-4)9-7-18-25(33)24(38-26(18)20)15-22-19-14-17(40(5,35)36)6-8-21(19)29-30-22/h6-9,14-15,33H,10-13,16H2,1-5H3. The minimum Gasteiger partial charge on any atom is -0.504 e. The Morgan fingerprint density at radius 3 is 2.50 bits per heavy atom. The number of nitrogens with zero attached hydrogens (tertiary/aromatic N) is 4. The monoisotopic (exact) mass is 568 g/mol. The SMILES string of the molecule is COc1ccc2c(O)c(C=C3N=Nc4ccc(S(C)(=O)=O)cc43)oc2c1CN1CCN(C(=O)OC(C)(C)C)CC1. The molecule has 1 fully saturated rings. The van der Waals surface area contributed by atoms with Gasteiger partial charge in [-0.25, -0.2) is 13.2 Å². The molecular weight excluding hydrogens is 536 g/mol. The number of azo groups is 1. The third kappa shape index (κ3) is 5.54. The van der Waals surface area contributed by atoms with E-state index in [4.69, 9.17) is 13.9 Å². The quantitative estimate of drug-likeness (QED) is 0.444. The Morgan fingerprint density at radius 1 is 1.12 bits per heavy atom. The van der Waals surface area contributed by atoms with Gasteiger partial charge in [-0.2, -0.15) is 0 Å². The van der Waals surface area contributed by atoms with Crippen molar-refractivity contribution in [3.63, 3.8) is 0 Å². The zero-order valence-corrected chi connectivity index (χ0v) is 23.9. The summed E-state index contributed by atoms with van der Waals surface area (Å²) in [5.74, 6) is 0.716. The molecule has 3 heterocycles. The molecule has 0 saturated carbocycles. The lowest BCUT2D eigenvalue weighted by Gasteiger charge is -2.35. The van der Waals surface area contributed by atoms with Crippen LogP contribution < -0.4 is 4.74 Å². The van der Waals surface area contributed by atoms with E-state index < -0.39 is 15.4 Å². The highest BCUT2D eigenvalue weighted by molar-refractivity contribution is 7.90. The zero-order chi connectivity index (χ0) is 28.8. The Labute approximate surface area is 232 Å². The number of fused-ring (bicyclic) bond motifs is 2. The van der Waals surface area contributed by atoms with E-state index in [-0.39, 0.29) is 22.5 Å². The van der Waals surface area contributed by atoms with Crippen molar-refractivity contribution in [3.05, 3.63) is 47.2 Å². The summed E-state index contributed by atoms with van der Waals surface area (Å²) in [6.45, 7) is 8.31. The second-order valence-corrected chi connectivity index (χ2v) is 12.9. The number of carbonyl (C=O) groups is 1. The molecule has 0 bridgehead atoms. The molecule has 2 aromatic carbocycles. The van der Waals surface area contributed by atoms with Crippen molar-refractivity contribution in [2.45, 2.75) is 37.8 Å². The summed E-state index contributed by atoms with van der Waals surface area (Å²) < 4.78 is 41.4. The van der Waals surface area contributed by atoms with Crippen LogP contribution in [0.4, 0.5) is 10.5 Å². The van der Waals surface area contributed by atoms with Crippen LogP contribution in [0.25, 0.3) is 22.7 Å². The molecule has 0 unspecified atom stereocenters. The van der Waals surface area contributed by atoms with Gasteiger partial charge in [0.1, 0.15) is 16.9 Å². The molecule has 5 rings (SSSR count). The van der Waals surface area contributed by atoms with Crippen LogP contribution in [0.5, 0.6) is 11.5 Å². The number of ether oxygens (including phenoxy) is 2. The van der Waals surface area contributed by atoms with Crippen molar-refractivity contribution in [1.82, 2.24) is 9.80 Å². The number of sulfone groups is 1. The molecule has 40 heavy (non-hydrogen) atoms. The number of benzene rings is 2. The number of amides is 1. The van der Waals surface area contributed by atoms with E-state index in [9.17, 15) is 18.3 Å². The fourth-order valence-corrected chi connectivity index (χ4v) is 5.36. The largest absolute Gasteiger partial charge is 0.504 e. The van der Waals surface area contributed by atoms with Crippen molar-refractivity contribution < 1.29 is 32.2 Å². The van der Waals surface area contributed by atoms with Gasteiger partial charge in [0.05, 0.1) is 34.3 Å². The van der Waals surface area contributed by atoms with Crippen LogP contribution in [0.1, 0.15) is 37.7 Å². The van der Waals surface area contributed by atoms with Crippen LogP contribution in [0, 0.1) is 0 Å². The smallest absolute Gasteiger partial charge is 0.410 e. The first-order valence-corrected chi connectivity index (χ1v) is 14.7. The van der Waals surface area contributed by atoms with Crippen molar-refractivity contribution in [1.29, 1.82) is 0 Å². The first-order valence-electron chi connectivity index (χ1n) is 12.8. The highest BCUT2D eigenvalue weighted by atomic mass is 32.2. The highest BCUT2D eigenvalue weighted by Crippen LogP contribution is 2.42. The number of rotatable bonds is 5. The molecule has 0 aliphatic carbocycles. The molecule has 0 radical (unpaired) electrons. The van der Waals surface area contributed by atoms with Crippen molar-refractivity contribution in [2.24, 2.45) is 10.2 Å². The maximum absolute atomic E-state index is 12.5. The molecule has 11 nitrogen and oxygen atoms in total. The average molecular weight is 569 g/mol. The predicted molar refractivity (Wildman–Crippen MR) is 149 cm³/mol. The van der Waals surface area contributed by atoms with Gasteiger partial charge >= 0.3 is 6.09 Å². The van der Waals surface area contributed by atoms with E-state index in [0.717, 1.165) is 11.8 Å². The van der Waals surface area contributed by atoms with Crippen molar-refractivity contribution in [2.75, 3.05) is 39.5 Å². The molecule has 3 aromatic rings. The number of carbonyl (C=O) groups excluding carboxylic acids is 1. The Balaban J connectivity index is 1.42. The molecule has 212 valence electrons. The first kappa shape index (κ1) is 27.7. The number of aromatic hydroxyl groups is 1. The molecule has 12 heteroatoms. The lowest BCUT2D eigenvalue weighted by atomic mass is 10.1. The van der Waals surface area contributed by atoms with Crippen molar-refractivity contribution >= 4 is 44.4 Å². The van der Waals surface area contributed by atoms with Gasteiger partial charge in [0.15, 0.2) is 21.3 Å². The van der Waals surface area contributed by atoms with Gasteiger partial charge in [0.2, 0.25) is 0 Å². The molecular formula is C28H32N4O7S. The highest BCUT2D eigenvalue weighted by Gasteiger charge is 2.28. The third-order valence-corrected chi connectivity index (χ3v) is 7.86. The van der Waals surface area contributed by atoms with E-state index >= 15 is 0 Å². The van der Waals surface area contributed by atoms with Gasteiger partial charge in [-0.3, -0.25) is 4.90 Å². The zero-order valence-electron chi connectivity index (χ0n) is 23.1. The lowest BCUT2D eigenvalue weighted by Crippen LogP contribution is -2.49. The van der Waals surface area contributed by atoms with Gasteiger partial charge in [-0.15, -0.1) is 10.2 Å². The fourth-order valence-electron chi connectivity index (χ4n) is 4.71. The molecule has 0 atom stereocenters. The van der Waals surface area contributed by atoms with Crippen LogP contribution >= 0.6 is 0 Å². The van der Waals surface area contributed by atoms with Gasteiger partial charge in [0, 0.05) is 50.6 Å². The minimum atomic E-state index is -3.42. The maximum Gasteiger partial charge on any atom is 0.410 e. The first-order chi connectivity index (χ1) is 18.8. The molecule has 1 amide bonds. The fraction of sp³-hybridized carbons (Fsp3) is 0.393. The number of piperazine rings is 1. The van der Waals surface area contributed by atoms with Crippen molar-refractivity contribution in [3.8, 4) is 11.5 Å². The lowest BCUT2D eigenvalue weighted by molar-refractivity contribution is 0.0138. The molecule has 1 saturated heterocycles. The molecule has 2 aliphatic rings. The topological polar surface area (TPSA) is 134 Å². The van der Waals surface area contributed by atoms with Gasteiger partial charge < -0.3 is 23.9 Å². The maximum atomic E-state index is 12.5. The summed E-state index contributed by atoms with van der Waals surface area (Å²) in [4.78, 5) is 16.5. The predicted octanol–water partition coefficient (Wildman–Crippen LogP) is 5.20. The Hall–Kier alpha value is -3.90. The van der Waals surface area contributed by atoms with Crippen LogP contribution in [0.15, 0.2) is 49.9 Å². The Bertz CT molecular complexity index is 1640. The second kappa shape index (κ2) is 10.3. The van der Waals surface area contributed by atoms with Gasteiger partial charge in [-0.05, 0) is 51.1 Å². The Morgan fingerprint density at radius 2 is 1.85 bits per heavy atom. The molecule has 1 N–H and O–H groups in total. The van der Waals surface area contributed by atoms with Crippen LogP contribution in [-0.4, -0.2) is 74.6 Å². The van der Waals surface area contributed by atoms with Crippen LogP contribution in [0.2, 0.25) is 0 Å². The second-order valence-electron chi connectivity index (χ2n) is 10.9. The van der Waals surface area contributed by atoms with E-state index in [1.807, 2.05) is 20.8 Å². The minimum absolute atomic E-state index is 0.0657. The summed E-state index contributed by atoms with van der Waals surface area (Å²) in [5, 5.41) is 19.8. The summed E-state index contributed by atoms with van der Waals surface area (Å²) in [6.07, 6.45) is 2.36. The normalized spacial score (nSPS) is 17.0. The summed E-state index contributed by atoms with van der Waals surface area (Å²) in [7, 11) is -1.85. The van der Waals surface area contributed by atoms with E-state index in [1.54, 1.807) is 36.3 Å². The molecule has 2 aliphatic heterocycles.